The van der Waals surface area contributed by atoms with Gasteiger partial charge in [-0.2, -0.15) is 0 Å². The van der Waals surface area contributed by atoms with Gasteiger partial charge in [-0.3, -0.25) is 0 Å². The lowest BCUT2D eigenvalue weighted by Gasteiger charge is -1.98. The summed E-state index contributed by atoms with van der Waals surface area (Å²) in [7, 11) is 0. The third-order valence-electron chi connectivity index (χ3n) is 2.98. The number of aromatic hydroxyl groups is 1. The highest BCUT2D eigenvalue weighted by molar-refractivity contribution is 7.17. The smallest absolute Gasteiger partial charge is 0.348 e. The maximum absolute atomic E-state index is 11.4. The van der Waals surface area contributed by atoms with Crippen LogP contribution in [0.4, 0.5) is 0 Å². The van der Waals surface area contributed by atoms with Crippen LogP contribution in [0.1, 0.15) is 9.67 Å². The summed E-state index contributed by atoms with van der Waals surface area (Å²) < 4.78 is 0. The van der Waals surface area contributed by atoms with Gasteiger partial charge in [-0.05, 0) is 24.3 Å². The lowest BCUT2D eigenvalue weighted by atomic mass is 10.1. The van der Waals surface area contributed by atoms with Crippen molar-refractivity contribution in [3.8, 4) is 27.6 Å². The number of nitrogens with zero attached hydrogens (tertiary/aromatic N) is 1. The Labute approximate surface area is 125 Å². The van der Waals surface area contributed by atoms with Gasteiger partial charge in [0.05, 0.1) is 5.69 Å². The van der Waals surface area contributed by atoms with E-state index in [-0.39, 0.29) is 10.6 Å². The highest BCUT2D eigenvalue weighted by Crippen LogP contribution is 2.34. The number of hydrogen-bond acceptors (Lipinski definition) is 4. The maximum atomic E-state index is 11.4. The van der Waals surface area contributed by atoms with E-state index < -0.39 is 5.97 Å². The molecule has 0 unspecified atom stereocenters. The van der Waals surface area contributed by atoms with Crippen molar-refractivity contribution >= 4 is 17.3 Å². The lowest BCUT2D eigenvalue weighted by Crippen LogP contribution is -1.95. The summed E-state index contributed by atoms with van der Waals surface area (Å²) in [5.41, 5.74) is 2.02. The van der Waals surface area contributed by atoms with Crippen LogP contribution in [0.15, 0.2) is 54.6 Å². The molecule has 4 nitrogen and oxygen atoms in total. The van der Waals surface area contributed by atoms with Gasteiger partial charge >= 0.3 is 5.97 Å². The number of carboxylic acids is 1. The fraction of sp³-hybridized carbons (Fsp3) is 0. The molecule has 5 heteroatoms. The molecular formula is C16H11NO3S. The molecule has 0 bridgehead atoms. The number of aromatic carboxylic acids is 1. The van der Waals surface area contributed by atoms with E-state index in [9.17, 15) is 15.0 Å². The zero-order valence-electron chi connectivity index (χ0n) is 10.9. The van der Waals surface area contributed by atoms with Gasteiger partial charge in [0.15, 0.2) is 0 Å². The fourth-order valence-corrected chi connectivity index (χ4v) is 2.92. The van der Waals surface area contributed by atoms with Crippen LogP contribution in [0.2, 0.25) is 0 Å². The summed E-state index contributed by atoms with van der Waals surface area (Å²) in [5, 5.41) is 19.3. The molecule has 1 aromatic heterocycles. The molecule has 0 atom stereocenters. The first-order chi connectivity index (χ1) is 10.1. The molecular weight excluding hydrogens is 286 g/mol. The zero-order chi connectivity index (χ0) is 14.8. The molecule has 0 spiro atoms. The van der Waals surface area contributed by atoms with Crippen LogP contribution in [0, 0.1) is 0 Å². The van der Waals surface area contributed by atoms with Crippen molar-refractivity contribution in [3.63, 3.8) is 0 Å². The van der Waals surface area contributed by atoms with Crippen LogP contribution in [0.25, 0.3) is 21.8 Å². The second-order valence-electron chi connectivity index (χ2n) is 4.41. The molecule has 0 aliphatic heterocycles. The zero-order valence-corrected chi connectivity index (χ0v) is 11.7. The Morgan fingerprint density at radius 3 is 2.24 bits per heavy atom. The molecule has 2 N–H and O–H groups in total. The number of carbonyl (C=O) groups is 1. The van der Waals surface area contributed by atoms with Crippen molar-refractivity contribution in [3.05, 3.63) is 59.5 Å². The Morgan fingerprint density at radius 2 is 1.62 bits per heavy atom. The first-order valence-electron chi connectivity index (χ1n) is 6.24. The molecule has 0 radical (unpaired) electrons. The van der Waals surface area contributed by atoms with Crippen molar-refractivity contribution in [2.24, 2.45) is 0 Å². The third kappa shape index (κ3) is 2.64. The second-order valence-corrected chi connectivity index (χ2v) is 5.41. The minimum Gasteiger partial charge on any atom is -0.508 e. The van der Waals surface area contributed by atoms with Gasteiger partial charge in [0, 0.05) is 11.1 Å². The Bertz CT molecular complexity index is 779. The van der Waals surface area contributed by atoms with E-state index in [1.54, 1.807) is 24.3 Å². The Hall–Kier alpha value is -2.66. The van der Waals surface area contributed by atoms with Crippen LogP contribution >= 0.6 is 11.3 Å². The van der Waals surface area contributed by atoms with E-state index in [0.29, 0.717) is 10.7 Å². The molecule has 0 aliphatic rings. The number of benzene rings is 2. The molecule has 3 aromatic rings. The van der Waals surface area contributed by atoms with Gasteiger partial charge < -0.3 is 10.2 Å². The summed E-state index contributed by atoms with van der Waals surface area (Å²) in [5.74, 6) is -0.826. The molecule has 2 aromatic carbocycles. The monoisotopic (exact) mass is 297 g/mol. The quantitative estimate of drug-likeness (QED) is 0.769. The normalized spacial score (nSPS) is 10.5. The number of phenols is 1. The highest BCUT2D eigenvalue weighted by atomic mass is 32.1. The standard InChI is InChI=1S/C16H11NO3S/c18-12-8-6-11(7-9-12)15-17-13(14(21-15)16(19)20)10-4-2-1-3-5-10/h1-9,18H,(H,19,20). The number of aromatic nitrogens is 1. The highest BCUT2D eigenvalue weighted by Gasteiger charge is 2.19. The van der Waals surface area contributed by atoms with Gasteiger partial charge in [0.25, 0.3) is 0 Å². The minimum absolute atomic E-state index is 0.164. The van der Waals surface area contributed by atoms with E-state index in [2.05, 4.69) is 4.98 Å². The molecule has 0 saturated carbocycles. The minimum atomic E-state index is -0.989. The average Bonchev–Trinajstić information content (AvgIpc) is 2.94. The van der Waals surface area contributed by atoms with Crippen molar-refractivity contribution in [2.75, 3.05) is 0 Å². The first-order valence-corrected chi connectivity index (χ1v) is 7.06. The van der Waals surface area contributed by atoms with E-state index in [0.717, 1.165) is 22.5 Å². The van der Waals surface area contributed by atoms with Gasteiger partial charge in [0.1, 0.15) is 15.6 Å². The van der Waals surface area contributed by atoms with E-state index >= 15 is 0 Å². The topological polar surface area (TPSA) is 70.4 Å². The van der Waals surface area contributed by atoms with Crippen LogP contribution in [-0.4, -0.2) is 21.2 Å². The Morgan fingerprint density at radius 1 is 0.952 bits per heavy atom. The van der Waals surface area contributed by atoms with Crippen LogP contribution < -0.4 is 0 Å². The summed E-state index contributed by atoms with van der Waals surface area (Å²) in [6.45, 7) is 0. The Kier molecular flexibility index (Phi) is 3.41. The predicted octanol–water partition coefficient (Wildman–Crippen LogP) is 3.88. The number of hydrogen-bond donors (Lipinski definition) is 2. The molecule has 104 valence electrons. The largest absolute Gasteiger partial charge is 0.508 e. The van der Waals surface area contributed by atoms with Crippen molar-refractivity contribution in [2.45, 2.75) is 0 Å². The number of phenolic OH excluding ortho intramolecular Hbond substituents is 1. The fourth-order valence-electron chi connectivity index (χ4n) is 1.98. The van der Waals surface area contributed by atoms with Crippen molar-refractivity contribution < 1.29 is 15.0 Å². The summed E-state index contributed by atoms with van der Waals surface area (Å²) in [6, 6.07) is 15.8. The SMILES string of the molecule is O=C(O)c1sc(-c2ccc(O)cc2)nc1-c1ccccc1. The summed E-state index contributed by atoms with van der Waals surface area (Å²) in [6.07, 6.45) is 0. The van der Waals surface area contributed by atoms with Crippen LogP contribution in [0.5, 0.6) is 5.75 Å². The lowest BCUT2D eigenvalue weighted by molar-refractivity contribution is 0.0702. The van der Waals surface area contributed by atoms with Gasteiger partial charge in [-0.25, -0.2) is 9.78 Å². The molecule has 3 rings (SSSR count). The van der Waals surface area contributed by atoms with E-state index in [4.69, 9.17) is 0 Å². The summed E-state index contributed by atoms with van der Waals surface area (Å²) in [4.78, 5) is 16.1. The molecule has 21 heavy (non-hydrogen) atoms. The molecule has 0 amide bonds. The number of carboxylic acid groups (broad SMARTS) is 1. The van der Waals surface area contributed by atoms with Crippen LogP contribution in [-0.2, 0) is 0 Å². The summed E-state index contributed by atoms with van der Waals surface area (Å²) >= 11 is 1.13. The van der Waals surface area contributed by atoms with Crippen molar-refractivity contribution in [1.82, 2.24) is 4.98 Å². The van der Waals surface area contributed by atoms with Crippen molar-refractivity contribution in [1.29, 1.82) is 0 Å². The molecule has 0 aliphatic carbocycles. The van der Waals surface area contributed by atoms with Gasteiger partial charge in [0.2, 0.25) is 0 Å². The molecule has 1 heterocycles. The molecule has 0 fully saturated rings. The Balaban J connectivity index is 2.13. The first kappa shape index (κ1) is 13.3. The van der Waals surface area contributed by atoms with Gasteiger partial charge in [-0.1, -0.05) is 30.3 Å². The number of rotatable bonds is 3. The van der Waals surface area contributed by atoms with Gasteiger partial charge in [-0.15, -0.1) is 11.3 Å². The predicted molar refractivity (Wildman–Crippen MR) is 81.6 cm³/mol. The second kappa shape index (κ2) is 5.38. The molecule has 0 saturated heterocycles. The number of thiazole rings is 1. The van der Waals surface area contributed by atoms with E-state index in [1.807, 2.05) is 30.3 Å². The van der Waals surface area contributed by atoms with Crippen LogP contribution in [0.3, 0.4) is 0 Å². The third-order valence-corrected chi connectivity index (χ3v) is 4.08. The van der Waals surface area contributed by atoms with E-state index in [1.165, 1.54) is 0 Å². The average molecular weight is 297 g/mol. The maximum Gasteiger partial charge on any atom is 0.348 e.